The van der Waals surface area contributed by atoms with Crippen LogP contribution in [0.1, 0.15) is 24.1 Å². The first-order valence-corrected chi connectivity index (χ1v) is 7.67. The Bertz CT molecular complexity index is 682. The van der Waals surface area contributed by atoms with Gasteiger partial charge in [-0.05, 0) is 36.8 Å². The lowest BCUT2D eigenvalue weighted by molar-refractivity contribution is 0.213. The van der Waals surface area contributed by atoms with Gasteiger partial charge in [-0.25, -0.2) is 9.38 Å². The summed E-state index contributed by atoms with van der Waals surface area (Å²) in [5.41, 5.74) is 1.25. The molecule has 0 aliphatic carbocycles. The van der Waals surface area contributed by atoms with Gasteiger partial charge >= 0.3 is 0 Å². The number of halogens is 3. The van der Waals surface area contributed by atoms with E-state index in [1.807, 2.05) is 31.2 Å². The molecule has 0 saturated heterocycles. The number of hydrogen-bond donors (Lipinski definition) is 0. The van der Waals surface area contributed by atoms with E-state index in [2.05, 4.69) is 20.9 Å². The van der Waals surface area contributed by atoms with E-state index in [9.17, 15) is 4.39 Å². The number of aliphatic imine (C=N–C) groups is 1. The Kier molecular flexibility index (Phi) is 4.00. The highest BCUT2D eigenvalue weighted by Gasteiger charge is 2.31. The van der Waals surface area contributed by atoms with Crippen LogP contribution in [-0.4, -0.2) is 12.0 Å². The van der Waals surface area contributed by atoms with E-state index < -0.39 is 5.82 Å². The largest absolute Gasteiger partial charge is 0.472 e. The summed E-state index contributed by atoms with van der Waals surface area (Å²) in [5, 5.41) is 0.303. The Morgan fingerprint density at radius 3 is 2.57 bits per heavy atom. The van der Waals surface area contributed by atoms with Crippen molar-refractivity contribution in [2.75, 3.05) is 0 Å². The molecule has 2 aromatic rings. The highest BCUT2D eigenvalue weighted by atomic mass is 79.9. The summed E-state index contributed by atoms with van der Waals surface area (Å²) in [6.07, 6.45) is -0.170. The molecule has 2 atom stereocenters. The maximum atomic E-state index is 14.0. The maximum Gasteiger partial charge on any atom is 0.221 e. The first-order valence-electron chi connectivity index (χ1n) is 6.50. The Morgan fingerprint density at radius 2 is 1.90 bits per heavy atom. The third-order valence-electron chi connectivity index (χ3n) is 3.39. The molecule has 3 rings (SSSR count). The third kappa shape index (κ3) is 2.83. The van der Waals surface area contributed by atoms with Crippen LogP contribution in [0.2, 0.25) is 5.02 Å². The highest BCUT2D eigenvalue weighted by molar-refractivity contribution is 9.10. The summed E-state index contributed by atoms with van der Waals surface area (Å²) in [7, 11) is 0. The molecule has 0 N–H and O–H groups in total. The maximum absolute atomic E-state index is 14.0. The number of hydrogen-bond acceptors (Lipinski definition) is 2. The summed E-state index contributed by atoms with van der Waals surface area (Å²) < 4.78 is 20.7. The lowest BCUT2D eigenvalue weighted by Gasteiger charge is -2.13. The van der Waals surface area contributed by atoms with Gasteiger partial charge in [0.05, 0.1) is 10.6 Å². The van der Waals surface area contributed by atoms with Gasteiger partial charge in [-0.3, -0.25) is 0 Å². The van der Waals surface area contributed by atoms with Gasteiger partial charge in [-0.15, -0.1) is 0 Å². The van der Waals surface area contributed by atoms with Crippen molar-refractivity contribution in [3.8, 4) is 0 Å². The van der Waals surface area contributed by atoms with E-state index in [4.69, 9.17) is 16.3 Å². The number of nitrogens with zero attached hydrogens (tertiary/aromatic N) is 1. The molecule has 5 heteroatoms. The van der Waals surface area contributed by atoms with Crippen LogP contribution in [0.3, 0.4) is 0 Å². The van der Waals surface area contributed by atoms with Gasteiger partial charge in [0.2, 0.25) is 5.90 Å². The molecule has 0 radical (unpaired) electrons. The molecule has 21 heavy (non-hydrogen) atoms. The molecule has 0 bridgehead atoms. The number of benzene rings is 2. The second-order valence-corrected chi connectivity index (χ2v) is 6.17. The number of rotatable bonds is 2. The average molecular weight is 369 g/mol. The van der Waals surface area contributed by atoms with E-state index in [1.165, 1.54) is 6.07 Å². The Balaban J connectivity index is 1.99. The normalized spacial score (nSPS) is 21.0. The molecule has 1 heterocycles. The van der Waals surface area contributed by atoms with Crippen LogP contribution < -0.4 is 0 Å². The topological polar surface area (TPSA) is 21.6 Å². The lowest BCUT2D eigenvalue weighted by Crippen LogP contribution is -2.13. The van der Waals surface area contributed by atoms with Gasteiger partial charge in [0, 0.05) is 4.47 Å². The van der Waals surface area contributed by atoms with Crippen molar-refractivity contribution >= 4 is 33.4 Å². The second kappa shape index (κ2) is 5.78. The summed E-state index contributed by atoms with van der Waals surface area (Å²) in [4.78, 5) is 4.52. The molecule has 0 saturated carbocycles. The van der Waals surface area contributed by atoms with E-state index in [-0.39, 0.29) is 23.6 Å². The zero-order valence-electron chi connectivity index (χ0n) is 11.2. The predicted octanol–water partition coefficient (Wildman–Crippen LogP) is 5.15. The predicted molar refractivity (Wildman–Crippen MR) is 85.4 cm³/mol. The minimum Gasteiger partial charge on any atom is -0.472 e. The Morgan fingerprint density at radius 1 is 1.19 bits per heavy atom. The summed E-state index contributed by atoms with van der Waals surface area (Å²) >= 11 is 9.47. The zero-order valence-corrected chi connectivity index (χ0v) is 13.5. The van der Waals surface area contributed by atoms with E-state index in [0.717, 1.165) is 10.0 Å². The van der Waals surface area contributed by atoms with E-state index in [0.29, 0.717) is 5.02 Å². The molecule has 2 aromatic carbocycles. The minimum atomic E-state index is -0.426. The van der Waals surface area contributed by atoms with Crippen LogP contribution in [0.25, 0.3) is 0 Å². The molecule has 0 aromatic heterocycles. The van der Waals surface area contributed by atoms with Gasteiger partial charge in [-0.2, -0.15) is 0 Å². The SMILES string of the molecule is C[C@H]1OC(c2c(F)cccc2Cl)=N[C@H]1c1ccc(Br)cc1. The zero-order chi connectivity index (χ0) is 15.0. The molecular formula is C16H12BrClFNO. The molecule has 0 spiro atoms. The summed E-state index contributed by atoms with van der Waals surface area (Å²) in [6.45, 7) is 1.91. The minimum absolute atomic E-state index is 0.163. The van der Waals surface area contributed by atoms with Crippen LogP contribution in [-0.2, 0) is 4.74 Å². The highest BCUT2D eigenvalue weighted by Crippen LogP contribution is 2.33. The van der Waals surface area contributed by atoms with Crippen LogP contribution in [0, 0.1) is 5.82 Å². The molecule has 0 amide bonds. The lowest BCUT2D eigenvalue weighted by atomic mass is 10.0. The molecule has 1 aliphatic heterocycles. The van der Waals surface area contributed by atoms with Gasteiger partial charge in [0.1, 0.15) is 18.0 Å². The van der Waals surface area contributed by atoms with Crippen LogP contribution >= 0.6 is 27.5 Å². The van der Waals surface area contributed by atoms with Crippen molar-refractivity contribution in [3.05, 3.63) is 68.9 Å². The van der Waals surface area contributed by atoms with Gasteiger partial charge in [-0.1, -0.05) is 45.7 Å². The molecule has 1 aliphatic rings. The van der Waals surface area contributed by atoms with Gasteiger partial charge in [0.25, 0.3) is 0 Å². The second-order valence-electron chi connectivity index (χ2n) is 4.85. The van der Waals surface area contributed by atoms with Crippen LogP contribution in [0.4, 0.5) is 4.39 Å². The Hall–Kier alpha value is -1.39. The molecule has 0 unspecified atom stereocenters. The van der Waals surface area contributed by atoms with Gasteiger partial charge < -0.3 is 4.74 Å². The molecular weight excluding hydrogens is 357 g/mol. The molecule has 0 fully saturated rings. The fraction of sp³-hybridized carbons (Fsp3) is 0.188. The van der Waals surface area contributed by atoms with Crippen molar-refractivity contribution in [1.82, 2.24) is 0 Å². The standard InChI is InChI=1S/C16H12BrClFNO/c1-9-15(10-5-7-11(17)8-6-10)20-16(21-9)14-12(18)3-2-4-13(14)19/h2-9,15H,1H3/t9-,15-/m1/s1. The van der Waals surface area contributed by atoms with Crippen LogP contribution in [0.5, 0.6) is 0 Å². The monoisotopic (exact) mass is 367 g/mol. The van der Waals surface area contributed by atoms with Crippen LogP contribution in [0.15, 0.2) is 51.9 Å². The van der Waals surface area contributed by atoms with Crippen molar-refractivity contribution in [2.45, 2.75) is 19.1 Å². The fourth-order valence-corrected chi connectivity index (χ4v) is 2.84. The first kappa shape index (κ1) is 14.5. The molecule has 108 valence electrons. The third-order valence-corrected chi connectivity index (χ3v) is 4.23. The smallest absolute Gasteiger partial charge is 0.221 e. The van der Waals surface area contributed by atoms with E-state index in [1.54, 1.807) is 12.1 Å². The first-order chi connectivity index (χ1) is 10.1. The van der Waals surface area contributed by atoms with Crippen molar-refractivity contribution < 1.29 is 9.13 Å². The quantitative estimate of drug-likeness (QED) is 0.718. The van der Waals surface area contributed by atoms with Gasteiger partial charge in [0.15, 0.2) is 0 Å². The Labute approximate surface area is 135 Å². The summed E-state index contributed by atoms with van der Waals surface area (Å²) in [6, 6.07) is 12.2. The molecule has 2 nitrogen and oxygen atoms in total. The van der Waals surface area contributed by atoms with Crippen molar-refractivity contribution in [3.63, 3.8) is 0 Å². The number of ether oxygens (including phenoxy) is 1. The summed E-state index contributed by atoms with van der Waals surface area (Å²) in [5.74, 6) is -0.163. The average Bonchev–Trinajstić information content (AvgIpc) is 2.81. The fourth-order valence-electron chi connectivity index (χ4n) is 2.33. The van der Waals surface area contributed by atoms with Crippen molar-refractivity contribution in [1.29, 1.82) is 0 Å². The van der Waals surface area contributed by atoms with Crippen molar-refractivity contribution in [2.24, 2.45) is 4.99 Å². The van der Waals surface area contributed by atoms with E-state index >= 15 is 0 Å².